The molecule has 0 bridgehead atoms. The fraction of sp³-hybridized carbons (Fsp3) is 0.409. The van der Waals surface area contributed by atoms with Crippen molar-refractivity contribution in [3.8, 4) is 5.75 Å². The third kappa shape index (κ3) is 4.16. The van der Waals surface area contributed by atoms with Crippen molar-refractivity contribution in [2.75, 3.05) is 18.4 Å². The first-order chi connectivity index (χ1) is 13.8. The number of anilines is 1. The first kappa shape index (κ1) is 19.9. The minimum Gasteiger partial charge on any atom is -0.480 e. The molecular weight excluding hydrogens is 388 g/mol. The summed E-state index contributed by atoms with van der Waals surface area (Å²) in [5.41, 5.74) is 1.56. The summed E-state index contributed by atoms with van der Waals surface area (Å²) < 4.78 is 33.2. The molecule has 0 saturated carbocycles. The molecule has 1 amide bonds. The number of hydrogen-bond acceptors (Lipinski definition) is 4. The maximum Gasteiger partial charge on any atom is 0.265 e. The van der Waals surface area contributed by atoms with Gasteiger partial charge in [0, 0.05) is 25.2 Å². The van der Waals surface area contributed by atoms with Crippen LogP contribution in [0.4, 0.5) is 5.69 Å². The van der Waals surface area contributed by atoms with E-state index >= 15 is 0 Å². The normalized spacial score (nSPS) is 24.6. The van der Waals surface area contributed by atoms with Crippen molar-refractivity contribution in [1.29, 1.82) is 0 Å². The van der Waals surface area contributed by atoms with E-state index in [1.165, 1.54) is 0 Å². The Balaban J connectivity index is 1.42. The first-order valence-corrected chi connectivity index (χ1v) is 11.4. The van der Waals surface area contributed by atoms with Crippen LogP contribution in [0.3, 0.4) is 0 Å². The molecule has 2 aromatic rings. The van der Waals surface area contributed by atoms with Gasteiger partial charge in [0.25, 0.3) is 5.91 Å². The number of piperidine rings is 1. The summed E-state index contributed by atoms with van der Waals surface area (Å²) in [5, 5.41) is 2.82. The lowest BCUT2D eigenvalue weighted by Crippen LogP contribution is -2.42. The lowest BCUT2D eigenvalue weighted by atomic mass is 9.94. The zero-order valence-electron chi connectivity index (χ0n) is 16.7. The third-order valence-electron chi connectivity index (χ3n) is 5.53. The van der Waals surface area contributed by atoms with Crippen molar-refractivity contribution >= 4 is 21.6 Å². The molecule has 29 heavy (non-hydrogen) atoms. The van der Waals surface area contributed by atoms with Crippen molar-refractivity contribution in [2.45, 2.75) is 37.7 Å². The molecule has 2 aliphatic heterocycles. The molecule has 2 aromatic carbocycles. The number of carbonyl (C=O) groups excluding carboxylic acids is 1. The minimum absolute atomic E-state index is 0.240. The average Bonchev–Trinajstić information content (AvgIpc) is 3.12. The Morgan fingerprint density at radius 3 is 2.34 bits per heavy atom. The van der Waals surface area contributed by atoms with Crippen molar-refractivity contribution in [1.82, 2.24) is 4.31 Å². The van der Waals surface area contributed by atoms with E-state index < -0.39 is 16.1 Å². The van der Waals surface area contributed by atoms with Gasteiger partial charge in [-0.25, -0.2) is 8.42 Å². The quantitative estimate of drug-likeness (QED) is 0.833. The van der Waals surface area contributed by atoms with E-state index in [-0.39, 0.29) is 10.8 Å². The molecule has 154 valence electrons. The van der Waals surface area contributed by atoms with Gasteiger partial charge in [-0.1, -0.05) is 32.0 Å². The van der Waals surface area contributed by atoms with Crippen molar-refractivity contribution in [2.24, 2.45) is 11.8 Å². The van der Waals surface area contributed by atoms with E-state index in [1.54, 1.807) is 28.6 Å². The van der Waals surface area contributed by atoms with Crippen LogP contribution in [0.2, 0.25) is 0 Å². The molecule has 2 aliphatic rings. The Morgan fingerprint density at radius 2 is 1.69 bits per heavy atom. The van der Waals surface area contributed by atoms with Gasteiger partial charge in [-0.15, -0.1) is 0 Å². The smallest absolute Gasteiger partial charge is 0.265 e. The number of hydrogen-bond donors (Lipinski definition) is 1. The summed E-state index contributed by atoms with van der Waals surface area (Å²) in [4.78, 5) is 12.8. The lowest BCUT2D eigenvalue weighted by Gasteiger charge is -2.34. The minimum atomic E-state index is -3.53. The maximum atomic E-state index is 13.0. The molecule has 0 unspecified atom stereocenters. The second-order valence-electron chi connectivity index (χ2n) is 8.20. The van der Waals surface area contributed by atoms with Gasteiger partial charge >= 0.3 is 0 Å². The van der Waals surface area contributed by atoms with Gasteiger partial charge < -0.3 is 10.1 Å². The van der Waals surface area contributed by atoms with Crippen LogP contribution in [0.1, 0.15) is 25.8 Å². The highest BCUT2D eigenvalue weighted by Crippen LogP contribution is 2.29. The molecule has 0 aliphatic carbocycles. The predicted molar refractivity (Wildman–Crippen MR) is 111 cm³/mol. The molecule has 3 atom stereocenters. The second-order valence-corrected chi connectivity index (χ2v) is 10.1. The monoisotopic (exact) mass is 414 g/mol. The van der Waals surface area contributed by atoms with E-state index in [1.807, 2.05) is 24.3 Å². The Labute approximate surface area is 171 Å². The fourth-order valence-corrected chi connectivity index (χ4v) is 5.89. The van der Waals surface area contributed by atoms with Crippen LogP contribution in [-0.4, -0.2) is 37.8 Å². The SMILES string of the molecule is C[C@H]1C[C@H](C)CN(S(=O)(=O)c2ccc(NC(=O)[C@@H]3Cc4ccccc4O3)cc2)C1. The molecule has 1 N–H and O–H groups in total. The van der Waals surface area contributed by atoms with Gasteiger partial charge in [0.15, 0.2) is 6.10 Å². The summed E-state index contributed by atoms with van der Waals surface area (Å²) >= 11 is 0. The van der Waals surface area contributed by atoms with E-state index in [4.69, 9.17) is 4.74 Å². The molecule has 1 saturated heterocycles. The number of fused-ring (bicyclic) bond motifs is 1. The molecule has 0 aromatic heterocycles. The molecule has 2 heterocycles. The van der Waals surface area contributed by atoms with Gasteiger partial charge in [0.05, 0.1) is 4.90 Å². The Kier molecular flexibility index (Phi) is 5.36. The molecular formula is C22H26N2O4S. The number of benzene rings is 2. The van der Waals surface area contributed by atoms with Gasteiger partial charge in [-0.3, -0.25) is 4.79 Å². The standard InChI is InChI=1S/C22H26N2O4S/c1-15-11-16(2)14-24(13-15)29(26,27)19-9-7-18(8-10-19)23-22(25)21-12-17-5-3-4-6-20(17)28-21/h3-10,15-16,21H,11-14H2,1-2H3,(H,23,25)/t15-,16-,21-/m0/s1. The van der Waals surface area contributed by atoms with E-state index in [0.717, 1.165) is 17.7 Å². The van der Waals surface area contributed by atoms with Crippen molar-refractivity contribution in [3.05, 3.63) is 54.1 Å². The number of sulfonamides is 1. The topological polar surface area (TPSA) is 75.7 Å². The first-order valence-electron chi connectivity index (χ1n) is 9.98. The summed E-state index contributed by atoms with van der Waals surface area (Å²) in [6, 6.07) is 14.0. The number of rotatable bonds is 4. The molecule has 7 heteroatoms. The Hall–Kier alpha value is -2.38. The Morgan fingerprint density at radius 1 is 1.03 bits per heavy atom. The number of amides is 1. The third-order valence-corrected chi connectivity index (χ3v) is 7.38. The van der Waals surface area contributed by atoms with E-state index in [0.29, 0.717) is 37.0 Å². The highest BCUT2D eigenvalue weighted by molar-refractivity contribution is 7.89. The van der Waals surface area contributed by atoms with E-state index in [2.05, 4.69) is 19.2 Å². The van der Waals surface area contributed by atoms with E-state index in [9.17, 15) is 13.2 Å². The van der Waals surface area contributed by atoms with Crippen LogP contribution in [-0.2, 0) is 21.2 Å². The Bertz CT molecular complexity index is 969. The van der Waals surface area contributed by atoms with Crippen LogP contribution in [0.5, 0.6) is 5.75 Å². The van der Waals surface area contributed by atoms with Gasteiger partial charge in [-0.05, 0) is 54.2 Å². The molecule has 6 nitrogen and oxygen atoms in total. The number of carbonyl (C=O) groups is 1. The van der Waals surface area contributed by atoms with Crippen molar-refractivity contribution < 1.29 is 17.9 Å². The van der Waals surface area contributed by atoms with Crippen LogP contribution in [0.25, 0.3) is 0 Å². The van der Waals surface area contributed by atoms with Gasteiger partial charge in [0.1, 0.15) is 5.75 Å². The summed E-state index contributed by atoms with van der Waals surface area (Å²) in [5.74, 6) is 1.19. The van der Waals surface area contributed by atoms with Crippen molar-refractivity contribution in [3.63, 3.8) is 0 Å². The number of nitrogens with one attached hydrogen (secondary N) is 1. The lowest BCUT2D eigenvalue weighted by molar-refractivity contribution is -0.122. The number of nitrogens with zero attached hydrogens (tertiary/aromatic N) is 1. The van der Waals surface area contributed by atoms with Crippen LogP contribution in [0, 0.1) is 11.8 Å². The maximum absolute atomic E-state index is 13.0. The van der Waals surface area contributed by atoms with Crippen LogP contribution < -0.4 is 10.1 Å². The number of para-hydroxylation sites is 1. The summed E-state index contributed by atoms with van der Waals surface area (Å²) in [6.07, 6.45) is 0.997. The predicted octanol–water partition coefficient (Wildman–Crippen LogP) is 3.30. The summed E-state index contributed by atoms with van der Waals surface area (Å²) in [7, 11) is -3.53. The highest BCUT2D eigenvalue weighted by atomic mass is 32.2. The zero-order chi connectivity index (χ0) is 20.6. The molecule has 0 spiro atoms. The number of ether oxygens (including phenoxy) is 1. The largest absolute Gasteiger partial charge is 0.480 e. The van der Waals surface area contributed by atoms with Crippen LogP contribution in [0.15, 0.2) is 53.4 Å². The molecule has 1 fully saturated rings. The zero-order valence-corrected chi connectivity index (χ0v) is 17.5. The van der Waals surface area contributed by atoms with Gasteiger partial charge in [-0.2, -0.15) is 4.31 Å². The molecule has 0 radical (unpaired) electrons. The fourth-order valence-electron chi connectivity index (χ4n) is 4.21. The van der Waals surface area contributed by atoms with Gasteiger partial charge in [0.2, 0.25) is 10.0 Å². The second kappa shape index (κ2) is 7.80. The highest BCUT2D eigenvalue weighted by Gasteiger charge is 2.32. The van der Waals surface area contributed by atoms with Crippen LogP contribution >= 0.6 is 0 Å². The molecule has 4 rings (SSSR count). The average molecular weight is 415 g/mol. The summed E-state index contributed by atoms with van der Waals surface area (Å²) in [6.45, 7) is 5.26.